The van der Waals surface area contributed by atoms with Gasteiger partial charge >= 0.3 is 0 Å². The SMILES string of the molecule is C[C@](CCn1cnc2cc(-c3ccc(CCN4CCOCC4)cc3F)ccc2c1=O)(C(=O)NO)S(C)(=O)=O. The number of sulfone groups is 1. The minimum atomic E-state index is -3.91. The number of aromatic nitrogens is 2. The van der Waals surface area contributed by atoms with Crippen molar-refractivity contribution in [3.05, 3.63) is 64.5 Å². The van der Waals surface area contributed by atoms with Crippen LogP contribution in [0, 0.1) is 5.82 Å². The van der Waals surface area contributed by atoms with Crippen LogP contribution in [0.1, 0.15) is 18.9 Å². The Balaban J connectivity index is 1.53. The molecule has 0 aliphatic carbocycles. The number of fused-ring (bicyclic) bond motifs is 1. The lowest BCUT2D eigenvalue weighted by atomic mass is 10.0. The molecule has 2 aromatic carbocycles. The lowest BCUT2D eigenvalue weighted by Gasteiger charge is -2.26. The van der Waals surface area contributed by atoms with Crippen molar-refractivity contribution in [2.75, 3.05) is 39.1 Å². The van der Waals surface area contributed by atoms with Gasteiger partial charge in [-0.25, -0.2) is 23.3 Å². The Kier molecular flexibility index (Phi) is 8.26. The normalized spacial score (nSPS) is 16.3. The fourth-order valence-electron chi connectivity index (χ4n) is 4.46. The van der Waals surface area contributed by atoms with Crippen molar-refractivity contribution in [2.24, 2.45) is 0 Å². The first-order valence-corrected chi connectivity index (χ1v) is 14.1. The molecule has 38 heavy (non-hydrogen) atoms. The highest BCUT2D eigenvalue weighted by molar-refractivity contribution is 7.92. The zero-order chi connectivity index (χ0) is 27.5. The molecular weight excluding hydrogens is 515 g/mol. The van der Waals surface area contributed by atoms with Gasteiger partial charge in [-0.2, -0.15) is 0 Å². The molecule has 4 rings (SSSR count). The van der Waals surface area contributed by atoms with E-state index in [2.05, 4.69) is 9.88 Å². The lowest BCUT2D eigenvalue weighted by Crippen LogP contribution is -2.50. The standard InChI is InChI=1S/C26H31FN4O6S/c1-26(25(33)29-34,38(2,35)36)8-10-31-17-28-23-16-19(4-6-21(23)24(31)32)20-5-3-18(15-22(20)27)7-9-30-11-13-37-14-12-30/h3-6,15-17,34H,7-14H2,1-2H3,(H,29,33)/t26-/m0/s1. The van der Waals surface area contributed by atoms with Gasteiger partial charge in [-0.15, -0.1) is 0 Å². The van der Waals surface area contributed by atoms with Crippen molar-refractivity contribution in [1.82, 2.24) is 19.9 Å². The molecule has 3 aromatic rings. The number of morpholine rings is 1. The van der Waals surface area contributed by atoms with Crippen molar-refractivity contribution < 1.29 is 27.5 Å². The van der Waals surface area contributed by atoms with Crippen LogP contribution < -0.4 is 11.0 Å². The Hall–Kier alpha value is -3.19. The van der Waals surface area contributed by atoms with Crippen LogP contribution in [0.25, 0.3) is 22.0 Å². The van der Waals surface area contributed by atoms with Crippen LogP contribution in [0.2, 0.25) is 0 Å². The second-order valence-corrected chi connectivity index (χ2v) is 12.1. The van der Waals surface area contributed by atoms with E-state index in [0.29, 0.717) is 16.6 Å². The summed E-state index contributed by atoms with van der Waals surface area (Å²) in [7, 11) is -3.91. The monoisotopic (exact) mass is 546 g/mol. The number of nitrogens with zero attached hydrogens (tertiary/aromatic N) is 3. The van der Waals surface area contributed by atoms with E-state index in [-0.39, 0.29) is 24.2 Å². The van der Waals surface area contributed by atoms with Crippen LogP contribution in [-0.4, -0.2) is 77.8 Å². The van der Waals surface area contributed by atoms with Gasteiger partial charge in [0.1, 0.15) is 5.82 Å². The highest BCUT2D eigenvalue weighted by atomic mass is 32.2. The van der Waals surface area contributed by atoms with Crippen LogP contribution in [0.15, 0.2) is 47.5 Å². The molecule has 204 valence electrons. The van der Waals surface area contributed by atoms with E-state index in [1.807, 2.05) is 6.07 Å². The van der Waals surface area contributed by atoms with Gasteiger partial charge in [0.05, 0.1) is 30.4 Å². The largest absolute Gasteiger partial charge is 0.379 e. The average Bonchev–Trinajstić information content (AvgIpc) is 2.90. The van der Waals surface area contributed by atoms with E-state index in [1.54, 1.807) is 24.3 Å². The fraction of sp³-hybridized carbons (Fsp3) is 0.423. The van der Waals surface area contributed by atoms with Crippen molar-refractivity contribution in [3.63, 3.8) is 0 Å². The molecule has 1 aliphatic rings. The predicted molar refractivity (Wildman–Crippen MR) is 140 cm³/mol. The molecule has 2 N–H and O–H groups in total. The minimum Gasteiger partial charge on any atom is -0.379 e. The molecule has 1 aromatic heterocycles. The predicted octanol–water partition coefficient (Wildman–Crippen LogP) is 1.78. The highest BCUT2D eigenvalue weighted by Crippen LogP contribution is 2.27. The molecule has 0 radical (unpaired) electrons. The van der Waals surface area contributed by atoms with E-state index in [1.165, 1.54) is 29.4 Å². The summed E-state index contributed by atoms with van der Waals surface area (Å²) in [5.41, 5.74) is 3.18. The van der Waals surface area contributed by atoms with E-state index >= 15 is 4.39 Å². The maximum Gasteiger partial charge on any atom is 0.264 e. The Morgan fingerprint density at radius 1 is 1.18 bits per heavy atom. The maximum atomic E-state index is 15.0. The summed E-state index contributed by atoms with van der Waals surface area (Å²) < 4.78 is 44.0. The number of hydrogen-bond acceptors (Lipinski definition) is 8. The van der Waals surface area contributed by atoms with Gasteiger partial charge in [0.2, 0.25) is 0 Å². The van der Waals surface area contributed by atoms with E-state index in [9.17, 15) is 18.0 Å². The molecule has 0 unspecified atom stereocenters. The summed E-state index contributed by atoms with van der Waals surface area (Å²) in [5.74, 6) is -1.44. The molecule has 12 heteroatoms. The third-order valence-electron chi connectivity index (χ3n) is 7.22. The summed E-state index contributed by atoms with van der Waals surface area (Å²) >= 11 is 0. The Morgan fingerprint density at radius 3 is 2.58 bits per heavy atom. The fourth-order valence-corrected chi connectivity index (χ4v) is 5.31. The molecule has 2 heterocycles. The van der Waals surface area contributed by atoms with Crippen molar-refractivity contribution in [1.29, 1.82) is 0 Å². The zero-order valence-corrected chi connectivity index (χ0v) is 22.1. The second-order valence-electron chi connectivity index (χ2n) is 9.69. The number of aryl methyl sites for hydroxylation is 1. The summed E-state index contributed by atoms with van der Waals surface area (Å²) in [4.78, 5) is 31.7. The molecule has 1 fully saturated rings. The Morgan fingerprint density at radius 2 is 1.92 bits per heavy atom. The number of carbonyl (C=O) groups is 1. The van der Waals surface area contributed by atoms with Gasteiger partial charge in [-0.1, -0.05) is 18.2 Å². The smallest absolute Gasteiger partial charge is 0.264 e. The number of halogens is 1. The molecule has 0 spiro atoms. The van der Waals surface area contributed by atoms with Crippen molar-refractivity contribution in [3.8, 4) is 11.1 Å². The summed E-state index contributed by atoms with van der Waals surface area (Å²) in [5, 5.41) is 9.25. The zero-order valence-electron chi connectivity index (χ0n) is 21.3. The quantitative estimate of drug-likeness (QED) is 0.307. The number of rotatable bonds is 9. The second kappa shape index (κ2) is 11.3. The Labute approximate surface area is 219 Å². The van der Waals surface area contributed by atoms with Gasteiger partial charge in [0, 0.05) is 38.0 Å². The highest BCUT2D eigenvalue weighted by Gasteiger charge is 2.43. The lowest BCUT2D eigenvalue weighted by molar-refractivity contribution is -0.131. The molecule has 0 saturated carbocycles. The summed E-state index contributed by atoms with van der Waals surface area (Å²) in [6.45, 7) is 5.08. The third kappa shape index (κ3) is 5.78. The van der Waals surface area contributed by atoms with Crippen molar-refractivity contribution >= 4 is 26.6 Å². The van der Waals surface area contributed by atoms with E-state index in [0.717, 1.165) is 51.1 Å². The van der Waals surface area contributed by atoms with Crippen molar-refractivity contribution in [2.45, 2.75) is 31.1 Å². The number of carbonyl (C=O) groups excluding carboxylic acids is 1. The summed E-state index contributed by atoms with van der Waals surface area (Å²) in [6.07, 6.45) is 2.63. The molecular formula is C26H31FN4O6S. The first kappa shape index (κ1) is 27.8. The molecule has 1 atom stereocenters. The van der Waals surface area contributed by atoms with Gasteiger partial charge in [0.15, 0.2) is 14.6 Å². The van der Waals surface area contributed by atoms with Gasteiger partial charge in [0.25, 0.3) is 11.5 Å². The molecule has 10 nitrogen and oxygen atoms in total. The first-order chi connectivity index (χ1) is 18.0. The molecule has 0 bridgehead atoms. The number of hydroxylamine groups is 1. The maximum absolute atomic E-state index is 15.0. The first-order valence-electron chi connectivity index (χ1n) is 12.3. The van der Waals surface area contributed by atoms with Crippen LogP contribution in [-0.2, 0) is 32.3 Å². The number of nitrogens with one attached hydrogen (secondary N) is 1. The number of ether oxygens (including phenoxy) is 1. The molecule has 1 aliphatic heterocycles. The van der Waals surface area contributed by atoms with Crippen LogP contribution in [0.4, 0.5) is 4.39 Å². The van der Waals surface area contributed by atoms with E-state index < -0.39 is 26.1 Å². The topological polar surface area (TPSA) is 131 Å². The molecule has 1 amide bonds. The number of hydrogen-bond donors (Lipinski definition) is 2. The number of amides is 1. The van der Waals surface area contributed by atoms with Gasteiger partial charge in [-0.3, -0.25) is 24.3 Å². The van der Waals surface area contributed by atoms with Crippen LogP contribution in [0.5, 0.6) is 0 Å². The van der Waals surface area contributed by atoms with Crippen LogP contribution >= 0.6 is 0 Å². The average molecular weight is 547 g/mol. The summed E-state index contributed by atoms with van der Waals surface area (Å²) in [6, 6.07) is 9.99. The number of benzene rings is 2. The minimum absolute atomic E-state index is 0.124. The molecule has 1 saturated heterocycles. The van der Waals surface area contributed by atoms with Gasteiger partial charge < -0.3 is 4.74 Å². The van der Waals surface area contributed by atoms with E-state index in [4.69, 9.17) is 9.94 Å². The van der Waals surface area contributed by atoms with Gasteiger partial charge in [-0.05, 0) is 49.1 Å². The third-order valence-corrected chi connectivity index (χ3v) is 9.25. The Bertz CT molecular complexity index is 1500. The van der Waals surface area contributed by atoms with Crippen LogP contribution in [0.3, 0.4) is 0 Å².